The van der Waals surface area contributed by atoms with Crippen LogP contribution in [-0.4, -0.2) is 47.0 Å². The number of carbonyl (C=O) groups excluding carboxylic acids is 1. The number of hydrogen-bond donors (Lipinski definition) is 1. The van der Waals surface area contributed by atoms with Crippen molar-refractivity contribution >= 4 is 17.5 Å². The lowest BCUT2D eigenvalue weighted by Gasteiger charge is -2.22. The molecule has 0 atom stereocenters. The molecule has 1 fully saturated rings. The Morgan fingerprint density at radius 1 is 1.12 bits per heavy atom. The Hall–Kier alpha value is -2.55. The Balaban J connectivity index is 1.63. The molecular formula is C20H20ClN3O2. The Kier molecular flexibility index (Phi) is 5.77. The van der Waals surface area contributed by atoms with Crippen molar-refractivity contribution in [1.82, 2.24) is 9.80 Å². The van der Waals surface area contributed by atoms with Crippen LogP contribution in [0.4, 0.5) is 0 Å². The highest BCUT2D eigenvalue weighted by Crippen LogP contribution is 2.23. The van der Waals surface area contributed by atoms with Crippen molar-refractivity contribution in [3.05, 3.63) is 64.2 Å². The first-order chi connectivity index (χ1) is 12.6. The third-order valence-electron chi connectivity index (χ3n) is 4.55. The van der Waals surface area contributed by atoms with Gasteiger partial charge < -0.3 is 10.0 Å². The van der Waals surface area contributed by atoms with Crippen LogP contribution in [-0.2, 0) is 6.54 Å². The number of nitriles is 1. The van der Waals surface area contributed by atoms with E-state index < -0.39 is 0 Å². The highest BCUT2D eigenvalue weighted by molar-refractivity contribution is 6.31. The van der Waals surface area contributed by atoms with Crippen molar-refractivity contribution in [2.24, 2.45) is 0 Å². The van der Waals surface area contributed by atoms with Crippen molar-refractivity contribution in [3.8, 4) is 11.8 Å². The van der Waals surface area contributed by atoms with Crippen LogP contribution in [0.3, 0.4) is 0 Å². The summed E-state index contributed by atoms with van der Waals surface area (Å²) in [5.41, 5.74) is 2.05. The maximum atomic E-state index is 12.7. The minimum Gasteiger partial charge on any atom is -0.507 e. The number of aromatic hydroxyl groups is 1. The zero-order valence-corrected chi connectivity index (χ0v) is 15.1. The molecule has 0 bridgehead atoms. The van der Waals surface area contributed by atoms with Crippen molar-refractivity contribution < 1.29 is 9.90 Å². The van der Waals surface area contributed by atoms with Crippen molar-refractivity contribution in [2.45, 2.75) is 13.0 Å². The van der Waals surface area contributed by atoms with Gasteiger partial charge in [0.25, 0.3) is 5.91 Å². The van der Waals surface area contributed by atoms with Gasteiger partial charge in [0.05, 0.1) is 17.2 Å². The minimum atomic E-state index is -0.190. The van der Waals surface area contributed by atoms with Crippen LogP contribution < -0.4 is 0 Å². The van der Waals surface area contributed by atoms with E-state index in [4.69, 9.17) is 16.9 Å². The quantitative estimate of drug-likeness (QED) is 0.901. The molecule has 0 unspecified atom stereocenters. The summed E-state index contributed by atoms with van der Waals surface area (Å²) in [6, 6.07) is 14.2. The van der Waals surface area contributed by atoms with Gasteiger partial charge in [0.15, 0.2) is 0 Å². The SMILES string of the molecule is N#Cc1ccc(CN2CCCN(C(=O)c3cc(Cl)ccc3O)CC2)cc1. The van der Waals surface area contributed by atoms with Crippen LogP contribution in [0, 0.1) is 11.3 Å². The number of benzene rings is 2. The summed E-state index contributed by atoms with van der Waals surface area (Å²) in [4.78, 5) is 16.8. The molecule has 2 aromatic carbocycles. The van der Waals surface area contributed by atoms with Crippen LogP contribution in [0.2, 0.25) is 5.02 Å². The molecule has 1 aliphatic rings. The third kappa shape index (κ3) is 4.34. The molecule has 2 aromatic rings. The van der Waals surface area contributed by atoms with Crippen LogP contribution in [0.5, 0.6) is 5.75 Å². The van der Waals surface area contributed by atoms with Crippen LogP contribution in [0.1, 0.15) is 27.9 Å². The van der Waals surface area contributed by atoms with E-state index in [2.05, 4.69) is 11.0 Å². The fourth-order valence-electron chi connectivity index (χ4n) is 3.12. The van der Waals surface area contributed by atoms with Gasteiger partial charge in [-0.2, -0.15) is 5.26 Å². The summed E-state index contributed by atoms with van der Waals surface area (Å²) in [6.07, 6.45) is 0.864. The minimum absolute atomic E-state index is 0.0434. The molecule has 0 saturated carbocycles. The standard InChI is InChI=1S/C20H20ClN3O2/c21-17-6-7-19(25)18(12-17)20(26)24-9-1-8-23(10-11-24)14-16-4-2-15(13-22)3-5-16/h2-7,12,25H,1,8-11,14H2. The van der Waals surface area contributed by atoms with Crippen molar-refractivity contribution in [3.63, 3.8) is 0 Å². The number of amides is 1. The number of phenolic OH excluding ortho intramolecular Hbond substituents is 1. The number of hydrogen-bond acceptors (Lipinski definition) is 4. The van der Waals surface area contributed by atoms with E-state index in [1.54, 1.807) is 11.0 Å². The molecule has 0 aromatic heterocycles. The van der Waals surface area contributed by atoms with Gasteiger partial charge in [-0.25, -0.2) is 0 Å². The van der Waals surface area contributed by atoms with Crippen LogP contribution >= 0.6 is 11.6 Å². The molecule has 1 saturated heterocycles. The van der Waals surface area contributed by atoms with Crippen molar-refractivity contribution in [1.29, 1.82) is 5.26 Å². The number of nitrogens with zero attached hydrogens (tertiary/aromatic N) is 3. The van der Waals surface area contributed by atoms with E-state index in [-0.39, 0.29) is 17.2 Å². The molecule has 0 aliphatic carbocycles. The largest absolute Gasteiger partial charge is 0.507 e. The molecule has 5 nitrogen and oxygen atoms in total. The molecular weight excluding hydrogens is 350 g/mol. The molecule has 26 heavy (non-hydrogen) atoms. The highest BCUT2D eigenvalue weighted by Gasteiger charge is 2.22. The van der Waals surface area contributed by atoms with E-state index in [9.17, 15) is 9.90 Å². The topological polar surface area (TPSA) is 67.6 Å². The fourth-order valence-corrected chi connectivity index (χ4v) is 3.30. The van der Waals surface area contributed by atoms with E-state index in [1.165, 1.54) is 12.1 Å². The lowest BCUT2D eigenvalue weighted by atomic mass is 10.1. The average Bonchev–Trinajstić information content (AvgIpc) is 2.89. The van der Waals surface area contributed by atoms with E-state index in [0.29, 0.717) is 23.7 Å². The summed E-state index contributed by atoms with van der Waals surface area (Å²) < 4.78 is 0. The van der Waals surface area contributed by atoms with Gasteiger partial charge in [-0.05, 0) is 42.3 Å². The number of halogens is 1. The summed E-state index contributed by atoms with van der Waals surface area (Å²) in [7, 11) is 0. The normalized spacial score (nSPS) is 15.3. The van der Waals surface area contributed by atoms with Crippen LogP contribution in [0.25, 0.3) is 0 Å². The Morgan fingerprint density at radius 3 is 2.62 bits per heavy atom. The number of carbonyl (C=O) groups is 1. The molecule has 3 rings (SSSR count). The predicted molar refractivity (Wildman–Crippen MR) is 100 cm³/mol. The first-order valence-electron chi connectivity index (χ1n) is 8.56. The van der Waals surface area contributed by atoms with Gasteiger partial charge >= 0.3 is 0 Å². The zero-order chi connectivity index (χ0) is 18.5. The van der Waals surface area contributed by atoms with Gasteiger partial charge in [0.1, 0.15) is 5.75 Å². The van der Waals surface area contributed by atoms with Gasteiger partial charge in [-0.15, -0.1) is 0 Å². The van der Waals surface area contributed by atoms with Crippen LogP contribution in [0.15, 0.2) is 42.5 Å². The molecule has 1 aliphatic heterocycles. The number of phenols is 1. The van der Waals surface area contributed by atoms with Gasteiger partial charge in [0.2, 0.25) is 0 Å². The zero-order valence-electron chi connectivity index (χ0n) is 14.4. The summed E-state index contributed by atoms with van der Waals surface area (Å²) in [5.74, 6) is -0.233. The van der Waals surface area contributed by atoms with E-state index in [1.807, 2.05) is 24.3 Å². The summed E-state index contributed by atoms with van der Waals surface area (Å²) in [5, 5.41) is 19.3. The monoisotopic (exact) mass is 369 g/mol. The fraction of sp³-hybridized carbons (Fsp3) is 0.300. The Labute approximate surface area is 158 Å². The average molecular weight is 370 g/mol. The van der Waals surface area contributed by atoms with Crippen molar-refractivity contribution in [2.75, 3.05) is 26.2 Å². The first-order valence-corrected chi connectivity index (χ1v) is 8.94. The smallest absolute Gasteiger partial charge is 0.257 e. The van der Waals surface area contributed by atoms with Gasteiger partial charge in [-0.1, -0.05) is 23.7 Å². The lowest BCUT2D eigenvalue weighted by Crippen LogP contribution is -2.35. The second-order valence-corrected chi connectivity index (χ2v) is 6.83. The number of rotatable bonds is 3. The van der Waals surface area contributed by atoms with E-state index >= 15 is 0 Å². The predicted octanol–water partition coefficient (Wildman–Crippen LogP) is 3.27. The molecule has 1 N–H and O–H groups in total. The highest BCUT2D eigenvalue weighted by atomic mass is 35.5. The second-order valence-electron chi connectivity index (χ2n) is 6.39. The summed E-state index contributed by atoms with van der Waals surface area (Å²) in [6.45, 7) is 3.68. The first kappa shape index (κ1) is 18.2. The summed E-state index contributed by atoms with van der Waals surface area (Å²) >= 11 is 5.96. The molecule has 134 valence electrons. The second kappa shape index (κ2) is 8.22. The van der Waals surface area contributed by atoms with Gasteiger partial charge in [0, 0.05) is 37.7 Å². The Bertz CT molecular complexity index is 830. The maximum Gasteiger partial charge on any atom is 0.257 e. The lowest BCUT2D eigenvalue weighted by molar-refractivity contribution is 0.0758. The molecule has 1 heterocycles. The molecule has 0 spiro atoms. The molecule has 0 radical (unpaired) electrons. The maximum absolute atomic E-state index is 12.7. The third-order valence-corrected chi connectivity index (χ3v) is 4.79. The molecule has 1 amide bonds. The Morgan fingerprint density at radius 2 is 1.88 bits per heavy atom. The molecule has 6 heteroatoms. The van der Waals surface area contributed by atoms with Gasteiger partial charge in [-0.3, -0.25) is 9.69 Å². The van der Waals surface area contributed by atoms with E-state index in [0.717, 1.165) is 31.6 Å².